The van der Waals surface area contributed by atoms with E-state index in [0.717, 1.165) is 12.1 Å². The summed E-state index contributed by atoms with van der Waals surface area (Å²) in [6.07, 6.45) is 7.43. The molecule has 5 rings (SSSR count). The zero-order chi connectivity index (χ0) is 17.7. The van der Waals surface area contributed by atoms with Gasteiger partial charge in [-0.2, -0.15) is 0 Å². The molecule has 3 heterocycles. The summed E-state index contributed by atoms with van der Waals surface area (Å²) in [5.41, 5.74) is 5.10. The molecule has 3 aromatic rings. The lowest BCUT2D eigenvalue weighted by atomic mass is 9.97. The third-order valence-corrected chi connectivity index (χ3v) is 6.57. The average molecular weight is 345 g/mol. The van der Waals surface area contributed by atoms with Gasteiger partial charge in [0.25, 0.3) is 0 Å². The van der Waals surface area contributed by atoms with Crippen LogP contribution in [-0.2, 0) is 7.05 Å². The third kappa shape index (κ3) is 2.71. The van der Waals surface area contributed by atoms with Crippen molar-refractivity contribution in [1.29, 1.82) is 0 Å². The Morgan fingerprint density at radius 2 is 1.54 bits per heavy atom. The first-order valence-corrected chi connectivity index (χ1v) is 9.81. The molecular formula is C23H27N3. The quantitative estimate of drug-likeness (QED) is 0.730. The zero-order valence-electron chi connectivity index (χ0n) is 15.7. The van der Waals surface area contributed by atoms with E-state index >= 15 is 0 Å². The van der Waals surface area contributed by atoms with E-state index in [-0.39, 0.29) is 0 Å². The van der Waals surface area contributed by atoms with Crippen LogP contribution in [0.4, 0.5) is 5.69 Å². The maximum atomic E-state index is 3.78. The Morgan fingerprint density at radius 3 is 2.27 bits per heavy atom. The smallest absolute Gasteiger partial charge is 0.0478 e. The largest absolute Gasteiger partial charge is 0.382 e. The Kier molecular flexibility index (Phi) is 3.79. The van der Waals surface area contributed by atoms with E-state index in [1.807, 2.05) is 0 Å². The topological polar surface area (TPSA) is 20.2 Å². The van der Waals surface area contributed by atoms with Crippen LogP contribution in [0.1, 0.15) is 25.7 Å². The Hall–Kier alpha value is -2.26. The molecule has 0 unspecified atom stereocenters. The van der Waals surface area contributed by atoms with Crippen molar-refractivity contribution in [3.8, 4) is 11.1 Å². The van der Waals surface area contributed by atoms with Gasteiger partial charge in [-0.15, -0.1) is 0 Å². The van der Waals surface area contributed by atoms with Gasteiger partial charge in [-0.25, -0.2) is 0 Å². The number of nitrogens with one attached hydrogen (secondary N) is 1. The van der Waals surface area contributed by atoms with E-state index in [4.69, 9.17) is 0 Å². The van der Waals surface area contributed by atoms with Gasteiger partial charge in [-0.1, -0.05) is 18.2 Å². The van der Waals surface area contributed by atoms with Gasteiger partial charge >= 0.3 is 0 Å². The summed E-state index contributed by atoms with van der Waals surface area (Å²) >= 11 is 0. The second-order valence-electron chi connectivity index (χ2n) is 8.14. The molecule has 1 N–H and O–H groups in total. The molecule has 2 fully saturated rings. The van der Waals surface area contributed by atoms with Crippen molar-refractivity contribution in [3.05, 3.63) is 54.7 Å². The van der Waals surface area contributed by atoms with Crippen molar-refractivity contribution in [2.24, 2.45) is 7.05 Å². The number of aromatic nitrogens is 1. The molecule has 2 aliphatic heterocycles. The number of fused-ring (bicyclic) bond motifs is 3. The van der Waals surface area contributed by atoms with Crippen LogP contribution in [0.15, 0.2) is 54.7 Å². The first-order chi connectivity index (χ1) is 12.7. The Bertz CT molecular complexity index is 910. The molecule has 0 amide bonds. The molecular weight excluding hydrogens is 318 g/mol. The monoisotopic (exact) mass is 345 g/mol. The van der Waals surface area contributed by atoms with Crippen molar-refractivity contribution < 1.29 is 0 Å². The molecule has 3 nitrogen and oxygen atoms in total. The molecule has 0 saturated carbocycles. The van der Waals surface area contributed by atoms with Gasteiger partial charge in [-0.3, -0.25) is 0 Å². The van der Waals surface area contributed by atoms with Crippen molar-refractivity contribution in [1.82, 2.24) is 9.47 Å². The van der Waals surface area contributed by atoms with Gasteiger partial charge in [0.2, 0.25) is 0 Å². The standard InChI is InChI=1S/C23H27N3/c1-25-12-11-18-13-17(5-10-23(18)25)16-3-6-19(7-4-16)24-20-14-21-8-9-22(15-20)26(21)2/h3-7,10-13,20-22,24H,8-9,14-15H2,1-2H3/t20-,21+,22-. The molecule has 2 bridgehead atoms. The molecule has 26 heavy (non-hydrogen) atoms. The lowest BCUT2D eigenvalue weighted by Crippen LogP contribution is -2.44. The number of nitrogens with zero attached hydrogens (tertiary/aromatic N) is 2. The van der Waals surface area contributed by atoms with Crippen molar-refractivity contribution >= 4 is 16.6 Å². The minimum atomic E-state index is 0.621. The van der Waals surface area contributed by atoms with Crippen LogP contribution < -0.4 is 5.32 Å². The highest BCUT2D eigenvalue weighted by molar-refractivity contribution is 5.85. The van der Waals surface area contributed by atoms with Gasteiger partial charge in [0, 0.05) is 48.0 Å². The molecule has 0 spiro atoms. The summed E-state index contributed by atoms with van der Waals surface area (Å²) < 4.78 is 2.17. The first kappa shape index (κ1) is 16.0. The van der Waals surface area contributed by atoms with Gasteiger partial charge in [0.1, 0.15) is 0 Å². The molecule has 2 aliphatic rings. The second kappa shape index (κ2) is 6.17. The predicted molar refractivity (Wildman–Crippen MR) is 110 cm³/mol. The summed E-state index contributed by atoms with van der Waals surface area (Å²) in [7, 11) is 4.40. The summed E-state index contributed by atoms with van der Waals surface area (Å²) in [5, 5.41) is 5.08. The molecule has 1 aromatic heterocycles. The first-order valence-electron chi connectivity index (χ1n) is 9.81. The zero-order valence-corrected chi connectivity index (χ0v) is 15.7. The van der Waals surface area contributed by atoms with Gasteiger partial charge in [0.15, 0.2) is 0 Å². The van der Waals surface area contributed by atoms with Crippen LogP contribution in [0.5, 0.6) is 0 Å². The number of benzene rings is 2. The van der Waals surface area contributed by atoms with Crippen LogP contribution in [-0.4, -0.2) is 34.6 Å². The van der Waals surface area contributed by atoms with Crippen LogP contribution in [0, 0.1) is 0 Å². The van der Waals surface area contributed by atoms with E-state index in [0.29, 0.717) is 6.04 Å². The summed E-state index contributed by atoms with van der Waals surface area (Å²) in [5.74, 6) is 0. The highest BCUT2D eigenvalue weighted by atomic mass is 15.2. The van der Waals surface area contributed by atoms with Crippen molar-refractivity contribution in [2.75, 3.05) is 12.4 Å². The van der Waals surface area contributed by atoms with E-state index in [9.17, 15) is 0 Å². The lowest BCUT2D eigenvalue weighted by Gasteiger charge is -2.37. The fourth-order valence-corrected chi connectivity index (χ4v) is 4.99. The van der Waals surface area contributed by atoms with Gasteiger partial charge in [0.05, 0.1) is 0 Å². The maximum Gasteiger partial charge on any atom is 0.0478 e. The Balaban J connectivity index is 1.32. The van der Waals surface area contributed by atoms with Crippen LogP contribution >= 0.6 is 0 Å². The van der Waals surface area contributed by atoms with Crippen molar-refractivity contribution in [3.63, 3.8) is 0 Å². The molecule has 0 aliphatic carbocycles. The summed E-state index contributed by atoms with van der Waals surface area (Å²) in [6.45, 7) is 0. The minimum Gasteiger partial charge on any atom is -0.382 e. The van der Waals surface area contributed by atoms with E-state index in [1.54, 1.807) is 0 Å². The maximum absolute atomic E-state index is 3.78. The number of aryl methyl sites for hydroxylation is 1. The predicted octanol–water partition coefficient (Wildman–Crippen LogP) is 4.88. The van der Waals surface area contributed by atoms with Gasteiger partial charge in [-0.05, 0) is 74.2 Å². The molecule has 2 saturated heterocycles. The Morgan fingerprint density at radius 1 is 0.846 bits per heavy atom. The van der Waals surface area contributed by atoms with Crippen LogP contribution in [0.3, 0.4) is 0 Å². The summed E-state index contributed by atoms with van der Waals surface area (Å²) in [4.78, 5) is 2.60. The normalized spacial score (nSPS) is 25.7. The molecule has 2 aromatic carbocycles. The molecule has 3 heteroatoms. The Labute approximate surface area is 155 Å². The number of anilines is 1. The number of hydrogen-bond donors (Lipinski definition) is 1. The SMILES string of the molecule is CN1[C@@H]2CC[C@H]1C[C@@H](Nc1ccc(-c3ccc4c(ccn4C)c3)cc1)C2. The van der Waals surface area contributed by atoms with Gasteiger partial charge < -0.3 is 14.8 Å². The summed E-state index contributed by atoms with van der Waals surface area (Å²) in [6, 6.07) is 20.1. The highest BCUT2D eigenvalue weighted by Gasteiger charge is 2.38. The molecule has 0 radical (unpaired) electrons. The van der Waals surface area contributed by atoms with Crippen LogP contribution in [0.2, 0.25) is 0 Å². The van der Waals surface area contributed by atoms with E-state index in [1.165, 1.54) is 53.4 Å². The van der Waals surface area contributed by atoms with E-state index < -0.39 is 0 Å². The highest BCUT2D eigenvalue weighted by Crippen LogP contribution is 2.35. The van der Waals surface area contributed by atoms with E-state index in [2.05, 4.69) is 83.6 Å². The molecule has 134 valence electrons. The minimum absolute atomic E-state index is 0.621. The average Bonchev–Trinajstić information content (AvgIpc) is 3.10. The van der Waals surface area contributed by atoms with Crippen molar-refractivity contribution in [2.45, 2.75) is 43.8 Å². The fourth-order valence-electron chi connectivity index (χ4n) is 4.99. The third-order valence-electron chi connectivity index (χ3n) is 6.57. The van der Waals surface area contributed by atoms with Crippen LogP contribution in [0.25, 0.3) is 22.0 Å². The number of piperidine rings is 1. The lowest BCUT2D eigenvalue weighted by molar-refractivity contribution is 0.169. The fraction of sp³-hybridized carbons (Fsp3) is 0.391. The number of rotatable bonds is 3. The second-order valence-corrected chi connectivity index (χ2v) is 8.14. The number of hydrogen-bond acceptors (Lipinski definition) is 2. The molecule has 3 atom stereocenters.